The van der Waals surface area contributed by atoms with Crippen molar-refractivity contribution in [3.63, 3.8) is 0 Å². The van der Waals surface area contributed by atoms with E-state index in [9.17, 15) is 9.59 Å². The Bertz CT molecular complexity index is 290. The number of carboxylic acid groups (broad SMARTS) is 1. The van der Waals surface area contributed by atoms with Gasteiger partial charge in [-0.1, -0.05) is 13.8 Å². The summed E-state index contributed by atoms with van der Waals surface area (Å²) >= 11 is 0. The average Bonchev–Trinajstić information content (AvgIpc) is 3.08. The fraction of sp³-hybridized carbons (Fsp3) is 0.833. The number of rotatable bonds is 8. The fourth-order valence-electron chi connectivity index (χ4n) is 1.59. The van der Waals surface area contributed by atoms with Crippen molar-refractivity contribution in [3.8, 4) is 0 Å². The van der Waals surface area contributed by atoms with Gasteiger partial charge in [0.15, 0.2) is 0 Å². The van der Waals surface area contributed by atoms with Crippen LogP contribution in [-0.2, 0) is 4.79 Å². The summed E-state index contributed by atoms with van der Waals surface area (Å²) in [5, 5.41) is 17.4. The lowest BCUT2D eigenvalue weighted by Gasteiger charge is -2.18. The summed E-state index contributed by atoms with van der Waals surface area (Å²) in [6.45, 7) is 4.96. The van der Waals surface area contributed by atoms with Gasteiger partial charge in [0.1, 0.15) is 6.04 Å². The fourth-order valence-corrected chi connectivity index (χ4v) is 1.59. The molecule has 0 unspecified atom stereocenters. The third kappa shape index (κ3) is 5.86. The number of carbonyl (C=O) groups is 2. The highest BCUT2D eigenvalue weighted by Gasteiger charge is 2.23. The maximum atomic E-state index is 11.5. The molecule has 1 atom stereocenters. The molecule has 0 heterocycles. The zero-order chi connectivity index (χ0) is 13.5. The molecule has 18 heavy (non-hydrogen) atoms. The van der Waals surface area contributed by atoms with Gasteiger partial charge in [0.05, 0.1) is 0 Å². The number of hydrogen-bond donors (Lipinski definition) is 4. The molecule has 1 fully saturated rings. The first-order chi connectivity index (χ1) is 8.50. The standard InChI is InChI=1S/C12H23N3O3/c1-8(2)10(11(16)17)15-12(18)14-7-3-6-13-9-4-5-9/h8-10,13H,3-7H2,1-2H3,(H,16,17)(H2,14,15,18)/t10-/m1/s1. The van der Waals surface area contributed by atoms with Crippen LogP contribution in [0.15, 0.2) is 0 Å². The Morgan fingerprint density at radius 2 is 1.94 bits per heavy atom. The van der Waals surface area contributed by atoms with E-state index in [2.05, 4.69) is 16.0 Å². The third-order valence-electron chi connectivity index (χ3n) is 2.87. The average molecular weight is 257 g/mol. The molecule has 1 aliphatic rings. The summed E-state index contributed by atoms with van der Waals surface area (Å²) in [6, 6.07) is -0.576. The van der Waals surface area contributed by atoms with Crippen molar-refractivity contribution >= 4 is 12.0 Å². The Balaban J connectivity index is 2.08. The number of carboxylic acids is 1. The van der Waals surface area contributed by atoms with Crippen LogP contribution in [0.25, 0.3) is 0 Å². The van der Waals surface area contributed by atoms with E-state index in [1.807, 2.05) is 0 Å². The molecule has 104 valence electrons. The topological polar surface area (TPSA) is 90.5 Å². The van der Waals surface area contributed by atoms with E-state index >= 15 is 0 Å². The van der Waals surface area contributed by atoms with Crippen molar-refractivity contribution in [1.82, 2.24) is 16.0 Å². The second kappa shape index (κ2) is 7.20. The zero-order valence-corrected chi connectivity index (χ0v) is 11.0. The molecule has 0 aromatic carbocycles. The Morgan fingerprint density at radius 3 is 2.44 bits per heavy atom. The lowest BCUT2D eigenvalue weighted by Crippen LogP contribution is -2.48. The first kappa shape index (κ1) is 14.8. The van der Waals surface area contributed by atoms with Crippen molar-refractivity contribution in [1.29, 1.82) is 0 Å². The monoisotopic (exact) mass is 257 g/mol. The predicted molar refractivity (Wildman–Crippen MR) is 68.4 cm³/mol. The highest BCUT2D eigenvalue weighted by Crippen LogP contribution is 2.18. The van der Waals surface area contributed by atoms with Crippen molar-refractivity contribution in [3.05, 3.63) is 0 Å². The summed E-state index contributed by atoms with van der Waals surface area (Å²) in [7, 11) is 0. The maximum absolute atomic E-state index is 11.5. The van der Waals surface area contributed by atoms with Gasteiger partial charge >= 0.3 is 12.0 Å². The smallest absolute Gasteiger partial charge is 0.326 e. The van der Waals surface area contributed by atoms with Gasteiger partial charge in [-0.25, -0.2) is 9.59 Å². The summed E-state index contributed by atoms with van der Waals surface area (Å²) in [4.78, 5) is 22.3. The number of amides is 2. The third-order valence-corrected chi connectivity index (χ3v) is 2.87. The first-order valence-corrected chi connectivity index (χ1v) is 6.51. The van der Waals surface area contributed by atoms with Gasteiger partial charge in [-0.2, -0.15) is 0 Å². The molecule has 2 amide bonds. The largest absolute Gasteiger partial charge is 0.480 e. The van der Waals surface area contributed by atoms with Crippen LogP contribution in [0.4, 0.5) is 4.79 Å². The number of urea groups is 1. The summed E-state index contributed by atoms with van der Waals surface area (Å²) < 4.78 is 0. The van der Waals surface area contributed by atoms with Crippen molar-refractivity contribution in [2.45, 2.75) is 45.2 Å². The molecular weight excluding hydrogens is 234 g/mol. The maximum Gasteiger partial charge on any atom is 0.326 e. The van der Waals surface area contributed by atoms with Gasteiger partial charge < -0.3 is 21.1 Å². The van der Waals surface area contributed by atoms with E-state index in [0.717, 1.165) is 13.0 Å². The van der Waals surface area contributed by atoms with Gasteiger partial charge in [0.2, 0.25) is 0 Å². The Labute approximate surface area is 108 Å². The molecule has 4 N–H and O–H groups in total. The lowest BCUT2D eigenvalue weighted by molar-refractivity contribution is -0.140. The van der Waals surface area contributed by atoms with Crippen LogP contribution in [0.2, 0.25) is 0 Å². The summed E-state index contributed by atoms with van der Waals surface area (Å²) in [5.41, 5.74) is 0. The van der Waals surface area contributed by atoms with E-state index < -0.39 is 18.0 Å². The molecule has 0 radical (unpaired) electrons. The number of hydrogen-bond acceptors (Lipinski definition) is 3. The first-order valence-electron chi connectivity index (χ1n) is 6.51. The minimum Gasteiger partial charge on any atom is -0.480 e. The van der Waals surface area contributed by atoms with Gasteiger partial charge in [0, 0.05) is 12.6 Å². The van der Waals surface area contributed by atoms with E-state index in [1.54, 1.807) is 13.8 Å². The van der Waals surface area contributed by atoms with Gasteiger partial charge in [-0.3, -0.25) is 0 Å². The van der Waals surface area contributed by atoms with Crippen LogP contribution in [0.5, 0.6) is 0 Å². The van der Waals surface area contributed by atoms with Crippen molar-refractivity contribution in [2.24, 2.45) is 5.92 Å². The van der Waals surface area contributed by atoms with E-state index in [0.29, 0.717) is 12.6 Å². The minimum atomic E-state index is -1.00. The Kier molecular flexibility index (Phi) is 5.91. The zero-order valence-electron chi connectivity index (χ0n) is 11.0. The minimum absolute atomic E-state index is 0.134. The predicted octanol–water partition coefficient (Wildman–Crippen LogP) is 0.537. The van der Waals surface area contributed by atoms with E-state index in [1.165, 1.54) is 12.8 Å². The van der Waals surface area contributed by atoms with Crippen LogP contribution in [0.3, 0.4) is 0 Å². The van der Waals surface area contributed by atoms with Crippen LogP contribution >= 0.6 is 0 Å². The van der Waals surface area contributed by atoms with Crippen molar-refractivity contribution in [2.75, 3.05) is 13.1 Å². The highest BCUT2D eigenvalue weighted by molar-refractivity contribution is 5.82. The SMILES string of the molecule is CC(C)[C@@H](NC(=O)NCCCNC1CC1)C(=O)O. The molecule has 0 saturated heterocycles. The Morgan fingerprint density at radius 1 is 1.28 bits per heavy atom. The second-order valence-corrected chi connectivity index (χ2v) is 5.04. The van der Waals surface area contributed by atoms with Crippen LogP contribution in [-0.4, -0.2) is 42.3 Å². The van der Waals surface area contributed by atoms with Gasteiger partial charge in [-0.15, -0.1) is 0 Å². The van der Waals surface area contributed by atoms with Gasteiger partial charge in [0.25, 0.3) is 0 Å². The molecule has 6 heteroatoms. The molecule has 0 aliphatic heterocycles. The molecule has 0 spiro atoms. The van der Waals surface area contributed by atoms with E-state index in [-0.39, 0.29) is 5.92 Å². The quantitative estimate of drug-likeness (QED) is 0.478. The molecule has 1 aliphatic carbocycles. The molecule has 1 rings (SSSR count). The Hall–Kier alpha value is -1.30. The number of nitrogens with one attached hydrogen (secondary N) is 3. The molecular formula is C12H23N3O3. The van der Waals surface area contributed by atoms with Gasteiger partial charge in [-0.05, 0) is 31.7 Å². The lowest BCUT2D eigenvalue weighted by atomic mass is 10.1. The van der Waals surface area contributed by atoms with Crippen molar-refractivity contribution < 1.29 is 14.7 Å². The second-order valence-electron chi connectivity index (χ2n) is 5.04. The highest BCUT2D eigenvalue weighted by atomic mass is 16.4. The summed E-state index contributed by atoms with van der Waals surface area (Å²) in [6.07, 6.45) is 3.36. The molecule has 1 saturated carbocycles. The van der Waals surface area contributed by atoms with E-state index in [4.69, 9.17) is 5.11 Å². The van der Waals surface area contributed by atoms with Crippen LogP contribution in [0, 0.1) is 5.92 Å². The molecule has 0 aromatic rings. The van der Waals surface area contributed by atoms with Crippen LogP contribution in [0.1, 0.15) is 33.1 Å². The normalized spacial score (nSPS) is 16.4. The summed E-state index contributed by atoms with van der Waals surface area (Å²) in [5.74, 6) is -1.14. The molecule has 0 aromatic heterocycles. The number of aliphatic carboxylic acids is 1. The number of carbonyl (C=O) groups excluding carboxylic acids is 1. The van der Waals surface area contributed by atoms with Crippen LogP contribution < -0.4 is 16.0 Å². The molecule has 6 nitrogen and oxygen atoms in total. The molecule has 0 bridgehead atoms.